The fraction of sp³-hybridized carbons (Fsp3) is 0.846. The van der Waals surface area contributed by atoms with Crippen LogP contribution in [0.25, 0.3) is 0 Å². The second-order valence-electron chi connectivity index (χ2n) is 5.65. The van der Waals surface area contributed by atoms with Gasteiger partial charge in [-0.15, -0.1) is 0 Å². The molecule has 0 aromatic rings. The standard InChI is InChI=1S/C13H24N2OS/c1-9(2)5-4-6-10(3)15-12(16)13(7-8-13)11(14)17/h9-10H,4-8H2,1-3H3,(H2,14,17)(H,15,16). The summed E-state index contributed by atoms with van der Waals surface area (Å²) in [6, 6.07) is 0.216. The van der Waals surface area contributed by atoms with Crippen molar-refractivity contribution in [1.29, 1.82) is 0 Å². The molecule has 0 aliphatic heterocycles. The zero-order valence-electron chi connectivity index (χ0n) is 11.1. The molecule has 3 nitrogen and oxygen atoms in total. The Labute approximate surface area is 110 Å². The van der Waals surface area contributed by atoms with Crippen molar-refractivity contribution in [2.24, 2.45) is 17.1 Å². The first-order valence-corrected chi connectivity index (χ1v) is 6.90. The Morgan fingerprint density at radius 2 is 1.94 bits per heavy atom. The lowest BCUT2D eigenvalue weighted by Gasteiger charge is -2.19. The minimum atomic E-state index is -0.512. The van der Waals surface area contributed by atoms with E-state index in [1.165, 1.54) is 6.42 Å². The third kappa shape index (κ3) is 3.95. The summed E-state index contributed by atoms with van der Waals surface area (Å²) in [4.78, 5) is 12.3. The van der Waals surface area contributed by atoms with Gasteiger partial charge in [0.1, 0.15) is 0 Å². The number of nitrogens with one attached hydrogen (secondary N) is 1. The predicted octanol–water partition coefficient (Wildman–Crippen LogP) is 2.38. The summed E-state index contributed by atoms with van der Waals surface area (Å²) in [6.45, 7) is 6.48. The van der Waals surface area contributed by atoms with E-state index in [9.17, 15) is 4.79 Å². The maximum atomic E-state index is 12.0. The monoisotopic (exact) mass is 256 g/mol. The van der Waals surface area contributed by atoms with E-state index in [0.29, 0.717) is 4.99 Å². The first-order chi connectivity index (χ1) is 7.88. The van der Waals surface area contributed by atoms with E-state index >= 15 is 0 Å². The molecule has 4 heteroatoms. The van der Waals surface area contributed by atoms with Crippen molar-refractivity contribution >= 4 is 23.1 Å². The molecule has 98 valence electrons. The topological polar surface area (TPSA) is 55.1 Å². The second-order valence-corrected chi connectivity index (χ2v) is 6.09. The van der Waals surface area contributed by atoms with Crippen molar-refractivity contribution in [1.82, 2.24) is 5.32 Å². The van der Waals surface area contributed by atoms with E-state index < -0.39 is 5.41 Å². The second kappa shape index (κ2) is 5.80. The van der Waals surface area contributed by atoms with Crippen molar-refractivity contribution in [3.63, 3.8) is 0 Å². The summed E-state index contributed by atoms with van der Waals surface area (Å²) in [6.07, 6.45) is 5.01. The van der Waals surface area contributed by atoms with Crippen molar-refractivity contribution < 1.29 is 4.79 Å². The van der Waals surface area contributed by atoms with Crippen molar-refractivity contribution in [2.75, 3.05) is 0 Å². The first-order valence-electron chi connectivity index (χ1n) is 6.49. The van der Waals surface area contributed by atoms with Gasteiger partial charge in [0.05, 0.1) is 10.4 Å². The number of carbonyl (C=O) groups is 1. The number of hydrogen-bond acceptors (Lipinski definition) is 2. The molecule has 0 aromatic heterocycles. The minimum Gasteiger partial charge on any atom is -0.392 e. The SMILES string of the molecule is CC(C)CCCC(C)NC(=O)C1(C(N)=S)CC1. The van der Waals surface area contributed by atoms with Gasteiger partial charge in [0, 0.05) is 6.04 Å². The molecule has 1 rings (SSSR count). The maximum absolute atomic E-state index is 12.0. The van der Waals surface area contributed by atoms with Crippen LogP contribution < -0.4 is 11.1 Å². The number of nitrogens with two attached hydrogens (primary N) is 1. The summed E-state index contributed by atoms with van der Waals surface area (Å²) in [5.41, 5.74) is 5.11. The van der Waals surface area contributed by atoms with Gasteiger partial charge in [0.25, 0.3) is 0 Å². The molecule has 0 bridgehead atoms. The molecule has 17 heavy (non-hydrogen) atoms. The smallest absolute Gasteiger partial charge is 0.233 e. The van der Waals surface area contributed by atoms with E-state index in [-0.39, 0.29) is 11.9 Å². The molecule has 0 spiro atoms. The van der Waals surface area contributed by atoms with Crippen molar-refractivity contribution in [2.45, 2.75) is 58.9 Å². The van der Waals surface area contributed by atoms with Crippen LogP contribution in [0, 0.1) is 11.3 Å². The Morgan fingerprint density at radius 1 is 1.35 bits per heavy atom. The first kappa shape index (κ1) is 14.4. The van der Waals surface area contributed by atoms with Crippen molar-refractivity contribution in [3.8, 4) is 0 Å². The van der Waals surface area contributed by atoms with Gasteiger partial charge in [-0.3, -0.25) is 4.79 Å². The average Bonchev–Trinajstić information content (AvgIpc) is 2.96. The highest BCUT2D eigenvalue weighted by Gasteiger charge is 2.52. The highest BCUT2D eigenvalue weighted by atomic mass is 32.1. The van der Waals surface area contributed by atoms with Gasteiger partial charge in [0.15, 0.2) is 0 Å². The van der Waals surface area contributed by atoms with Gasteiger partial charge in [-0.25, -0.2) is 0 Å². The van der Waals surface area contributed by atoms with Gasteiger partial charge in [0.2, 0.25) is 5.91 Å². The van der Waals surface area contributed by atoms with Crippen LogP contribution in [0.15, 0.2) is 0 Å². The highest BCUT2D eigenvalue weighted by Crippen LogP contribution is 2.46. The molecule has 1 unspecified atom stereocenters. The van der Waals surface area contributed by atoms with E-state index in [2.05, 4.69) is 19.2 Å². The molecule has 1 aliphatic carbocycles. The summed E-state index contributed by atoms with van der Waals surface area (Å²) in [5.74, 6) is 0.756. The Balaban J connectivity index is 2.29. The Hall–Kier alpha value is -0.640. The summed E-state index contributed by atoms with van der Waals surface area (Å²) in [5, 5.41) is 3.03. The van der Waals surface area contributed by atoms with Crippen LogP contribution in [0.4, 0.5) is 0 Å². The fourth-order valence-corrected chi connectivity index (χ4v) is 2.27. The van der Waals surface area contributed by atoms with Crippen LogP contribution in [0.3, 0.4) is 0 Å². The Morgan fingerprint density at radius 3 is 2.35 bits per heavy atom. The molecule has 0 radical (unpaired) electrons. The molecule has 1 aliphatic rings. The Bertz CT molecular complexity index is 298. The quantitative estimate of drug-likeness (QED) is 0.688. The molecular formula is C13H24N2OS. The zero-order valence-corrected chi connectivity index (χ0v) is 11.9. The summed E-state index contributed by atoms with van der Waals surface area (Å²) >= 11 is 4.96. The van der Waals surface area contributed by atoms with E-state index in [4.69, 9.17) is 18.0 Å². The maximum Gasteiger partial charge on any atom is 0.233 e. The van der Waals surface area contributed by atoms with Crippen molar-refractivity contribution in [3.05, 3.63) is 0 Å². The third-order valence-electron chi connectivity index (χ3n) is 3.45. The lowest BCUT2D eigenvalue weighted by molar-refractivity contribution is -0.124. The van der Waals surface area contributed by atoms with Crippen LogP contribution in [0.5, 0.6) is 0 Å². The van der Waals surface area contributed by atoms with Gasteiger partial charge in [-0.05, 0) is 32.1 Å². The van der Waals surface area contributed by atoms with E-state index in [0.717, 1.165) is 31.6 Å². The van der Waals surface area contributed by atoms with Crippen LogP contribution in [-0.4, -0.2) is 16.9 Å². The van der Waals surface area contributed by atoms with Gasteiger partial charge < -0.3 is 11.1 Å². The minimum absolute atomic E-state index is 0.0297. The van der Waals surface area contributed by atoms with Crippen LogP contribution >= 0.6 is 12.2 Å². The van der Waals surface area contributed by atoms with Gasteiger partial charge >= 0.3 is 0 Å². The lowest BCUT2D eigenvalue weighted by atomic mass is 10.0. The predicted molar refractivity (Wildman–Crippen MR) is 74.7 cm³/mol. The third-order valence-corrected chi connectivity index (χ3v) is 3.84. The molecule has 1 saturated carbocycles. The van der Waals surface area contributed by atoms with Gasteiger partial charge in [-0.2, -0.15) is 0 Å². The van der Waals surface area contributed by atoms with Crippen LogP contribution in [0.1, 0.15) is 52.9 Å². The number of rotatable bonds is 7. The zero-order chi connectivity index (χ0) is 13.1. The van der Waals surface area contributed by atoms with Crippen LogP contribution in [0.2, 0.25) is 0 Å². The molecule has 0 heterocycles. The van der Waals surface area contributed by atoms with E-state index in [1.54, 1.807) is 0 Å². The van der Waals surface area contributed by atoms with Gasteiger partial charge in [-0.1, -0.05) is 38.9 Å². The van der Waals surface area contributed by atoms with Crippen LogP contribution in [-0.2, 0) is 4.79 Å². The molecule has 0 aromatic carbocycles. The largest absolute Gasteiger partial charge is 0.392 e. The molecule has 1 fully saturated rings. The lowest BCUT2D eigenvalue weighted by Crippen LogP contribution is -2.43. The molecule has 1 atom stereocenters. The number of amides is 1. The fourth-order valence-electron chi connectivity index (χ4n) is 1.98. The molecular weight excluding hydrogens is 232 g/mol. The Kier molecular flexibility index (Phi) is 4.92. The molecule has 0 saturated heterocycles. The number of thiocarbonyl (C=S) groups is 1. The molecule has 3 N–H and O–H groups in total. The number of hydrogen-bond donors (Lipinski definition) is 2. The molecule has 1 amide bonds. The highest BCUT2D eigenvalue weighted by molar-refractivity contribution is 7.80. The number of carbonyl (C=O) groups excluding carboxylic acids is 1. The summed E-state index contributed by atoms with van der Waals surface area (Å²) in [7, 11) is 0. The van der Waals surface area contributed by atoms with E-state index in [1.807, 2.05) is 6.92 Å². The average molecular weight is 256 g/mol. The summed E-state index contributed by atoms with van der Waals surface area (Å²) < 4.78 is 0. The normalized spacial score (nSPS) is 18.8.